The van der Waals surface area contributed by atoms with E-state index in [0.717, 1.165) is 11.3 Å². The monoisotopic (exact) mass is 333 g/mol. The van der Waals surface area contributed by atoms with Crippen LogP contribution in [0, 0.1) is 0 Å². The molecule has 0 spiro atoms. The fourth-order valence-corrected chi connectivity index (χ4v) is 2.35. The van der Waals surface area contributed by atoms with Gasteiger partial charge in [0.25, 0.3) is 5.91 Å². The Hall–Kier alpha value is -2.40. The number of fused-ring (bicyclic) bond motifs is 1. The van der Waals surface area contributed by atoms with Crippen molar-refractivity contribution in [2.24, 2.45) is 0 Å². The number of hydrogen-bond acceptors (Lipinski definition) is 4. The number of ether oxygens (including phenoxy) is 3. The average molecular weight is 334 g/mol. The second kappa shape index (κ2) is 6.79. The molecule has 0 saturated heterocycles. The van der Waals surface area contributed by atoms with Crippen molar-refractivity contribution in [2.75, 3.05) is 6.79 Å². The van der Waals surface area contributed by atoms with Crippen molar-refractivity contribution in [2.45, 2.75) is 19.6 Å². The first-order valence-corrected chi connectivity index (χ1v) is 7.59. The van der Waals surface area contributed by atoms with E-state index in [-0.39, 0.29) is 12.7 Å². The van der Waals surface area contributed by atoms with E-state index in [2.05, 4.69) is 5.32 Å². The second-order valence-corrected chi connectivity index (χ2v) is 5.50. The highest BCUT2D eigenvalue weighted by molar-refractivity contribution is 6.32. The van der Waals surface area contributed by atoms with Crippen LogP contribution < -0.4 is 19.5 Å². The van der Waals surface area contributed by atoms with Crippen molar-refractivity contribution in [1.29, 1.82) is 0 Å². The standard InChI is InChI=1S/C17H16ClNO4/c1-11(23-14-5-3-2-4-13(14)18)17(20)19-9-12-6-7-15-16(8-12)22-10-21-15/h2-8,11H,9-10H2,1H3,(H,19,20). The lowest BCUT2D eigenvalue weighted by molar-refractivity contribution is -0.127. The Bertz CT molecular complexity index is 719. The van der Waals surface area contributed by atoms with Gasteiger partial charge in [-0.15, -0.1) is 0 Å². The molecule has 0 bridgehead atoms. The van der Waals surface area contributed by atoms with E-state index < -0.39 is 6.10 Å². The normalized spacial score (nSPS) is 13.5. The third-order valence-corrected chi connectivity index (χ3v) is 3.73. The lowest BCUT2D eigenvalue weighted by Crippen LogP contribution is -2.35. The molecule has 0 aliphatic carbocycles. The van der Waals surface area contributed by atoms with Gasteiger partial charge in [-0.2, -0.15) is 0 Å². The molecule has 5 nitrogen and oxygen atoms in total. The second-order valence-electron chi connectivity index (χ2n) is 5.10. The highest BCUT2D eigenvalue weighted by atomic mass is 35.5. The summed E-state index contributed by atoms with van der Waals surface area (Å²) in [5.74, 6) is 1.68. The van der Waals surface area contributed by atoms with Gasteiger partial charge in [0.05, 0.1) is 5.02 Å². The zero-order valence-corrected chi connectivity index (χ0v) is 13.3. The van der Waals surface area contributed by atoms with Crippen LogP contribution in [0.5, 0.6) is 17.2 Å². The molecule has 1 atom stereocenters. The third kappa shape index (κ3) is 3.68. The molecule has 0 aromatic heterocycles. The Morgan fingerprint density at radius 2 is 2.04 bits per heavy atom. The number of carbonyl (C=O) groups is 1. The maximum atomic E-state index is 12.1. The summed E-state index contributed by atoms with van der Waals surface area (Å²) in [6, 6.07) is 12.6. The van der Waals surface area contributed by atoms with E-state index in [1.807, 2.05) is 18.2 Å². The lowest BCUT2D eigenvalue weighted by Gasteiger charge is -2.15. The van der Waals surface area contributed by atoms with Crippen LogP contribution in [0.3, 0.4) is 0 Å². The third-order valence-electron chi connectivity index (χ3n) is 3.41. The molecule has 6 heteroatoms. The Morgan fingerprint density at radius 3 is 2.87 bits per heavy atom. The van der Waals surface area contributed by atoms with Crippen LogP contribution in [0.1, 0.15) is 12.5 Å². The number of amides is 1. The van der Waals surface area contributed by atoms with Crippen molar-refractivity contribution < 1.29 is 19.0 Å². The molecule has 3 rings (SSSR count). The highest BCUT2D eigenvalue weighted by Crippen LogP contribution is 2.32. The maximum absolute atomic E-state index is 12.1. The number of nitrogens with one attached hydrogen (secondary N) is 1. The van der Waals surface area contributed by atoms with E-state index in [4.69, 9.17) is 25.8 Å². The molecule has 1 aliphatic rings. The van der Waals surface area contributed by atoms with Crippen LogP contribution in [0.2, 0.25) is 5.02 Å². The predicted molar refractivity (Wildman–Crippen MR) is 86.0 cm³/mol. The van der Waals surface area contributed by atoms with E-state index in [1.54, 1.807) is 31.2 Å². The van der Waals surface area contributed by atoms with Crippen LogP contribution in [-0.4, -0.2) is 18.8 Å². The number of halogens is 1. The van der Waals surface area contributed by atoms with Crippen molar-refractivity contribution in [3.63, 3.8) is 0 Å². The van der Waals surface area contributed by atoms with Gasteiger partial charge in [0, 0.05) is 6.54 Å². The van der Waals surface area contributed by atoms with E-state index in [9.17, 15) is 4.79 Å². The Labute approximate surface area is 139 Å². The molecule has 23 heavy (non-hydrogen) atoms. The van der Waals surface area contributed by atoms with Gasteiger partial charge in [-0.25, -0.2) is 0 Å². The van der Waals surface area contributed by atoms with E-state index in [1.165, 1.54) is 0 Å². The zero-order valence-electron chi connectivity index (χ0n) is 12.5. The largest absolute Gasteiger partial charge is 0.479 e. The summed E-state index contributed by atoms with van der Waals surface area (Å²) in [5.41, 5.74) is 0.924. The number of carbonyl (C=O) groups excluding carboxylic acids is 1. The Balaban J connectivity index is 1.55. The Morgan fingerprint density at radius 1 is 1.26 bits per heavy atom. The summed E-state index contributed by atoms with van der Waals surface area (Å²) in [6.45, 7) is 2.29. The van der Waals surface area contributed by atoms with E-state index >= 15 is 0 Å². The topological polar surface area (TPSA) is 56.8 Å². The molecule has 1 heterocycles. The van der Waals surface area contributed by atoms with Crippen LogP contribution in [-0.2, 0) is 11.3 Å². The van der Waals surface area contributed by atoms with Crippen molar-refractivity contribution in [3.8, 4) is 17.2 Å². The smallest absolute Gasteiger partial charge is 0.261 e. The molecular formula is C17H16ClNO4. The number of hydrogen-bond donors (Lipinski definition) is 1. The van der Waals surface area contributed by atoms with Gasteiger partial charge in [0.15, 0.2) is 17.6 Å². The van der Waals surface area contributed by atoms with Gasteiger partial charge in [-0.05, 0) is 36.8 Å². The van der Waals surface area contributed by atoms with Crippen LogP contribution in [0.4, 0.5) is 0 Å². The van der Waals surface area contributed by atoms with Crippen molar-refractivity contribution in [1.82, 2.24) is 5.32 Å². The molecular weight excluding hydrogens is 318 g/mol. The SMILES string of the molecule is CC(Oc1ccccc1Cl)C(=O)NCc1ccc2c(c1)OCO2. The molecule has 2 aromatic carbocycles. The summed E-state index contributed by atoms with van der Waals surface area (Å²) >= 11 is 6.02. The van der Waals surface area contributed by atoms with Crippen molar-refractivity contribution >= 4 is 17.5 Å². The first kappa shape index (κ1) is 15.5. The summed E-state index contributed by atoms with van der Waals surface area (Å²) in [7, 11) is 0. The van der Waals surface area contributed by atoms with Gasteiger partial charge in [-0.3, -0.25) is 4.79 Å². The molecule has 2 aromatic rings. The number of benzene rings is 2. The molecule has 120 valence electrons. The van der Waals surface area contributed by atoms with E-state index in [0.29, 0.717) is 23.1 Å². The Kier molecular flexibility index (Phi) is 4.57. The quantitative estimate of drug-likeness (QED) is 0.913. The number of rotatable bonds is 5. The van der Waals surface area contributed by atoms with Gasteiger partial charge in [0.2, 0.25) is 6.79 Å². The molecule has 0 radical (unpaired) electrons. The first-order valence-electron chi connectivity index (χ1n) is 7.21. The fraction of sp³-hybridized carbons (Fsp3) is 0.235. The molecule has 1 unspecified atom stereocenters. The summed E-state index contributed by atoms with van der Waals surface area (Å²) in [6.07, 6.45) is -0.649. The lowest BCUT2D eigenvalue weighted by atomic mass is 10.2. The molecule has 1 N–H and O–H groups in total. The predicted octanol–water partition coefficient (Wildman–Crippen LogP) is 3.15. The van der Waals surface area contributed by atoms with Gasteiger partial charge < -0.3 is 19.5 Å². The minimum absolute atomic E-state index is 0.220. The van der Waals surface area contributed by atoms with Crippen LogP contribution >= 0.6 is 11.6 Å². The number of para-hydroxylation sites is 1. The van der Waals surface area contributed by atoms with Gasteiger partial charge in [-0.1, -0.05) is 29.8 Å². The summed E-state index contributed by atoms with van der Waals surface area (Å²) < 4.78 is 16.1. The minimum atomic E-state index is -0.649. The summed E-state index contributed by atoms with van der Waals surface area (Å²) in [4.78, 5) is 12.1. The molecule has 0 fully saturated rings. The van der Waals surface area contributed by atoms with Gasteiger partial charge in [0.1, 0.15) is 5.75 Å². The zero-order chi connectivity index (χ0) is 16.2. The highest BCUT2D eigenvalue weighted by Gasteiger charge is 2.17. The summed E-state index contributed by atoms with van der Waals surface area (Å²) in [5, 5.41) is 3.30. The fourth-order valence-electron chi connectivity index (χ4n) is 2.17. The molecule has 1 amide bonds. The van der Waals surface area contributed by atoms with Crippen LogP contribution in [0.15, 0.2) is 42.5 Å². The van der Waals surface area contributed by atoms with Gasteiger partial charge >= 0.3 is 0 Å². The molecule has 0 saturated carbocycles. The maximum Gasteiger partial charge on any atom is 0.261 e. The van der Waals surface area contributed by atoms with Crippen LogP contribution in [0.25, 0.3) is 0 Å². The first-order chi connectivity index (χ1) is 11.1. The molecule has 1 aliphatic heterocycles. The van der Waals surface area contributed by atoms with Crippen molar-refractivity contribution in [3.05, 3.63) is 53.1 Å². The average Bonchev–Trinajstić information content (AvgIpc) is 3.02. The minimum Gasteiger partial charge on any atom is -0.479 e.